The predicted molar refractivity (Wildman–Crippen MR) is 88.9 cm³/mol. The van der Waals surface area contributed by atoms with Gasteiger partial charge in [-0.3, -0.25) is 0 Å². The fraction of sp³-hybridized carbons (Fsp3) is 0.632. The second-order valence-electron chi connectivity index (χ2n) is 8.31. The Morgan fingerprint density at radius 3 is 2.19 bits per heavy atom. The van der Waals surface area contributed by atoms with Crippen LogP contribution in [0.3, 0.4) is 0 Å². The first kappa shape index (κ1) is 19.0. The van der Waals surface area contributed by atoms with Gasteiger partial charge in [0.15, 0.2) is 11.6 Å². The van der Waals surface area contributed by atoms with Gasteiger partial charge in [0, 0.05) is 36.6 Å². The maximum atomic E-state index is 14.2. The van der Waals surface area contributed by atoms with Gasteiger partial charge in [-0.1, -0.05) is 0 Å². The number of hydrogen-bond acceptors (Lipinski definition) is 3. The zero-order valence-corrected chi connectivity index (χ0v) is 15.2. The highest BCUT2D eigenvalue weighted by Crippen LogP contribution is 2.45. The van der Waals surface area contributed by atoms with Crippen molar-refractivity contribution in [1.29, 1.82) is 0 Å². The number of benzene rings is 1. The molecule has 1 aromatic rings. The van der Waals surface area contributed by atoms with Crippen LogP contribution in [-0.2, 0) is 10.3 Å². The van der Waals surface area contributed by atoms with Crippen molar-refractivity contribution in [1.82, 2.24) is 4.90 Å². The number of fused-ring (bicyclic) bond motifs is 2. The third kappa shape index (κ3) is 3.54. The Morgan fingerprint density at radius 1 is 1.12 bits per heavy atom. The number of amides is 1. The SMILES string of the molecule is CC(C)(C)OC(=O)N1C2CCCC1CC(O)(c1cc(F)c(F)cc1F)C2. The van der Waals surface area contributed by atoms with Crippen LogP contribution in [0.1, 0.15) is 58.4 Å². The second kappa shape index (κ2) is 6.44. The Kier molecular flexibility index (Phi) is 4.71. The first-order chi connectivity index (χ1) is 12.0. The summed E-state index contributed by atoms with van der Waals surface area (Å²) in [5.74, 6) is -3.47. The third-order valence-corrected chi connectivity index (χ3v) is 5.12. The van der Waals surface area contributed by atoms with Crippen LogP contribution in [0, 0.1) is 17.5 Å². The maximum absolute atomic E-state index is 14.2. The number of hydrogen-bond donors (Lipinski definition) is 1. The van der Waals surface area contributed by atoms with E-state index in [0.29, 0.717) is 18.9 Å². The van der Waals surface area contributed by atoms with Gasteiger partial charge in [-0.15, -0.1) is 0 Å². The lowest BCUT2D eigenvalue weighted by molar-refractivity contribution is -0.0980. The minimum absolute atomic E-state index is 0.0603. The number of carbonyl (C=O) groups excluding carboxylic acids is 1. The minimum atomic E-state index is -1.65. The van der Waals surface area contributed by atoms with Gasteiger partial charge in [-0.2, -0.15) is 0 Å². The number of ether oxygens (including phenoxy) is 1. The lowest BCUT2D eigenvalue weighted by Crippen LogP contribution is -2.59. The fourth-order valence-corrected chi connectivity index (χ4v) is 4.14. The zero-order chi connectivity index (χ0) is 19.3. The summed E-state index contributed by atoms with van der Waals surface area (Å²) in [5.41, 5.74) is -2.55. The molecule has 2 bridgehead atoms. The van der Waals surface area contributed by atoms with E-state index in [4.69, 9.17) is 4.74 Å². The van der Waals surface area contributed by atoms with Crippen molar-refractivity contribution >= 4 is 6.09 Å². The van der Waals surface area contributed by atoms with Gasteiger partial charge in [-0.25, -0.2) is 18.0 Å². The molecule has 2 atom stereocenters. The van der Waals surface area contributed by atoms with E-state index in [-0.39, 0.29) is 30.5 Å². The molecule has 0 saturated carbocycles. The zero-order valence-electron chi connectivity index (χ0n) is 15.2. The number of rotatable bonds is 1. The molecule has 1 N–H and O–H groups in total. The molecule has 4 nitrogen and oxygen atoms in total. The molecule has 1 aromatic carbocycles. The van der Waals surface area contributed by atoms with E-state index in [2.05, 4.69) is 0 Å². The molecule has 7 heteroatoms. The second-order valence-corrected chi connectivity index (χ2v) is 8.31. The topological polar surface area (TPSA) is 49.8 Å². The Hall–Kier alpha value is -1.76. The van der Waals surface area contributed by atoms with E-state index < -0.39 is 34.7 Å². The van der Waals surface area contributed by atoms with E-state index in [0.717, 1.165) is 12.5 Å². The molecule has 3 rings (SSSR count). The van der Waals surface area contributed by atoms with Crippen molar-refractivity contribution < 1.29 is 27.8 Å². The summed E-state index contributed by atoms with van der Waals surface area (Å²) in [7, 11) is 0. The summed E-state index contributed by atoms with van der Waals surface area (Å²) in [6.07, 6.45) is 1.83. The van der Waals surface area contributed by atoms with E-state index in [1.165, 1.54) is 0 Å². The number of piperidine rings is 2. The van der Waals surface area contributed by atoms with Crippen LogP contribution in [0.5, 0.6) is 0 Å². The van der Waals surface area contributed by atoms with Gasteiger partial charge in [0.1, 0.15) is 11.4 Å². The van der Waals surface area contributed by atoms with Crippen molar-refractivity contribution in [2.75, 3.05) is 0 Å². The summed E-state index contributed by atoms with van der Waals surface area (Å²) in [6.45, 7) is 5.33. The average Bonchev–Trinajstić information content (AvgIpc) is 2.48. The van der Waals surface area contributed by atoms with Gasteiger partial charge in [0.05, 0.1) is 5.60 Å². The van der Waals surface area contributed by atoms with E-state index >= 15 is 0 Å². The molecule has 2 heterocycles. The number of nitrogens with zero attached hydrogens (tertiary/aromatic N) is 1. The van der Waals surface area contributed by atoms with E-state index in [1.807, 2.05) is 0 Å². The summed E-state index contributed by atoms with van der Waals surface area (Å²) in [4.78, 5) is 14.2. The molecule has 2 saturated heterocycles. The van der Waals surface area contributed by atoms with Gasteiger partial charge in [0.25, 0.3) is 0 Å². The molecule has 0 spiro atoms. The molecule has 1 amide bonds. The molecule has 26 heavy (non-hydrogen) atoms. The molecular formula is C19H24F3NO3. The van der Waals surface area contributed by atoms with Crippen LogP contribution >= 0.6 is 0 Å². The first-order valence-corrected chi connectivity index (χ1v) is 8.89. The third-order valence-electron chi connectivity index (χ3n) is 5.12. The summed E-state index contributed by atoms with van der Waals surface area (Å²) in [6, 6.07) is 0.507. The molecule has 0 aliphatic carbocycles. The van der Waals surface area contributed by atoms with Crippen LogP contribution in [0.2, 0.25) is 0 Å². The lowest BCUT2D eigenvalue weighted by atomic mass is 9.72. The maximum Gasteiger partial charge on any atom is 0.410 e. The minimum Gasteiger partial charge on any atom is -0.444 e. The van der Waals surface area contributed by atoms with Crippen molar-refractivity contribution in [3.63, 3.8) is 0 Å². The Morgan fingerprint density at radius 2 is 1.65 bits per heavy atom. The predicted octanol–water partition coefficient (Wildman–Crippen LogP) is 4.24. The molecule has 144 valence electrons. The van der Waals surface area contributed by atoms with Crippen molar-refractivity contribution in [3.05, 3.63) is 35.1 Å². The Balaban J connectivity index is 1.90. The Bertz CT molecular complexity index is 703. The standard InChI is InChI=1S/C19H24F3NO3/c1-18(2,3)26-17(24)23-11-5-4-6-12(23)10-19(25,9-11)13-7-15(21)16(22)8-14(13)20/h7-8,11-12,25H,4-6,9-10H2,1-3H3. The number of halogens is 3. The largest absolute Gasteiger partial charge is 0.444 e. The van der Waals surface area contributed by atoms with E-state index in [9.17, 15) is 23.1 Å². The molecule has 2 unspecified atom stereocenters. The van der Waals surface area contributed by atoms with Gasteiger partial charge < -0.3 is 14.7 Å². The summed E-state index contributed by atoms with van der Waals surface area (Å²) < 4.78 is 46.6. The smallest absolute Gasteiger partial charge is 0.410 e. The van der Waals surface area contributed by atoms with Crippen LogP contribution in [0.4, 0.5) is 18.0 Å². The lowest BCUT2D eigenvalue weighted by Gasteiger charge is -2.51. The highest BCUT2D eigenvalue weighted by atomic mass is 19.2. The van der Waals surface area contributed by atoms with Crippen LogP contribution in [0.15, 0.2) is 12.1 Å². The molecule has 0 radical (unpaired) electrons. The van der Waals surface area contributed by atoms with Gasteiger partial charge in [-0.05, 0) is 46.1 Å². The highest BCUT2D eigenvalue weighted by Gasteiger charge is 2.50. The van der Waals surface area contributed by atoms with Crippen molar-refractivity contribution in [2.24, 2.45) is 0 Å². The van der Waals surface area contributed by atoms with Gasteiger partial charge >= 0.3 is 6.09 Å². The Labute approximate surface area is 150 Å². The normalized spacial score (nSPS) is 28.8. The summed E-state index contributed by atoms with van der Waals surface area (Å²) >= 11 is 0. The first-order valence-electron chi connectivity index (χ1n) is 8.89. The van der Waals surface area contributed by atoms with Crippen molar-refractivity contribution in [2.45, 2.75) is 76.2 Å². The molecule has 2 fully saturated rings. The monoisotopic (exact) mass is 371 g/mol. The summed E-state index contributed by atoms with van der Waals surface area (Å²) in [5, 5.41) is 11.1. The van der Waals surface area contributed by atoms with Crippen molar-refractivity contribution in [3.8, 4) is 0 Å². The van der Waals surface area contributed by atoms with Crippen LogP contribution in [0.25, 0.3) is 0 Å². The number of carbonyl (C=O) groups is 1. The molecule has 2 aliphatic heterocycles. The van der Waals surface area contributed by atoms with E-state index in [1.54, 1.807) is 25.7 Å². The van der Waals surface area contributed by atoms with Crippen LogP contribution in [-0.4, -0.2) is 33.8 Å². The number of aliphatic hydroxyl groups is 1. The molecule has 2 aliphatic rings. The average molecular weight is 371 g/mol. The quantitative estimate of drug-likeness (QED) is 0.751. The van der Waals surface area contributed by atoms with Gasteiger partial charge in [0.2, 0.25) is 0 Å². The highest BCUT2D eigenvalue weighted by molar-refractivity contribution is 5.69. The molecular weight excluding hydrogens is 347 g/mol. The van der Waals surface area contributed by atoms with Crippen LogP contribution < -0.4 is 0 Å². The molecule has 0 aromatic heterocycles. The fourth-order valence-electron chi connectivity index (χ4n) is 4.14.